The smallest absolute Gasteiger partial charge is 0.272 e. The Balaban J connectivity index is 0.00000144. The van der Waals surface area contributed by atoms with Crippen molar-refractivity contribution in [1.82, 2.24) is 0 Å². The van der Waals surface area contributed by atoms with Crippen molar-refractivity contribution < 1.29 is 9.31 Å². The van der Waals surface area contributed by atoms with Crippen LogP contribution in [0.2, 0.25) is 0 Å². The number of nitro benzene ring substituents is 1. The molecule has 6 heteroatoms. The summed E-state index contributed by atoms with van der Waals surface area (Å²) in [5.74, 6) is -0.619. The van der Waals surface area contributed by atoms with E-state index in [1.807, 2.05) is 0 Å². The second-order valence-electron chi connectivity index (χ2n) is 2.17. The third kappa shape index (κ3) is 2.55. The second kappa shape index (κ2) is 4.61. The molecule has 0 saturated carbocycles. The van der Waals surface area contributed by atoms with E-state index in [-0.39, 0.29) is 23.8 Å². The van der Waals surface area contributed by atoms with Gasteiger partial charge in [0.2, 0.25) is 0 Å². The number of nitrogens with one attached hydrogen (secondary N) is 1. The minimum Gasteiger partial charge on any atom is -0.386 e. The first-order valence-corrected chi connectivity index (χ1v) is 3.27. The molecule has 0 spiro atoms. The van der Waals surface area contributed by atoms with Crippen molar-refractivity contribution in [2.45, 2.75) is 0 Å². The van der Waals surface area contributed by atoms with Gasteiger partial charge in [-0.15, -0.1) is 12.4 Å². The van der Waals surface area contributed by atoms with Crippen LogP contribution in [0.1, 0.15) is 0 Å². The van der Waals surface area contributed by atoms with Crippen molar-refractivity contribution in [1.29, 1.82) is 0 Å². The van der Waals surface area contributed by atoms with Gasteiger partial charge in [0.05, 0.1) is 16.7 Å². The quantitative estimate of drug-likeness (QED) is 0.596. The van der Waals surface area contributed by atoms with Crippen LogP contribution < -0.4 is 5.32 Å². The summed E-state index contributed by atoms with van der Waals surface area (Å²) in [5.41, 5.74) is 0.00657. The van der Waals surface area contributed by atoms with E-state index in [1.165, 1.54) is 12.1 Å². The summed E-state index contributed by atoms with van der Waals surface area (Å²) < 4.78 is 12.8. The van der Waals surface area contributed by atoms with Crippen LogP contribution in [0.3, 0.4) is 0 Å². The van der Waals surface area contributed by atoms with Crippen molar-refractivity contribution in [3.05, 3.63) is 34.1 Å². The molecule has 0 aliphatic carbocycles. The van der Waals surface area contributed by atoms with E-state index in [0.717, 1.165) is 6.07 Å². The van der Waals surface area contributed by atoms with Crippen molar-refractivity contribution in [2.75, 3.05) is 12.4 Å². The number of halogens is 2. The predicted molar refractivity (Wildman–Crippen MR) is 49.8 cm³/mol. The highest BCUT2D eigenvalue weighted by Gasteiger charge is 2.08. The maximum atomic E-state index is 12.8. The molecule has 0 aliphatic rings. The van der Waals surface area contributed by atoms with Gasteiger partial charge in [-0.25, -0.2) is 4.39 Å². The Morgan fingerprint density at radius 2 is 2.15 bits per heavy atom. The van der Waals surface area contributed by atoms with Gasteiger partial charge >= 0.3 is 0 Å². The number of benzene rings is 1. The zero-order chi connectivity index (χ0) is 9.14. The van der Waals surface area contributed by atoms with Gasteiger partial charge in [-0.3, -0.25) is 10.1 Å². The van der Waals surface area contributed by atoms with Gasteiger partial charge in [0.25, 0.3) is 5.69 Å². The lowest BCUT2D eigenvalue weighted by atomic mass is 10.3. The summed E-state index contributed by atoms with van der Waals surface area (Å²) >= 11 is 0. The van der Waals surface area contributed by atoms with Crippen LogP contribution in [0.4, 0.5) is 15.8 Å². The van der Waals surface area contributed by atoms with Gasteiger partial charge in [-0.2, -0.15) is 0 Å². The Morgan fingerprint density at radius 3 is 2.54 bits per heavy atom. The fourth-order valence-electron chi connectivity index (χ4n) is 0.820. The van der Waals surface area contributed by atoms with E-state index in [9.17, 15) is 14.5 Å². The minimum atomic E-state index is -0.636. The Morgan fingerprint density at radius 1 is 1.54 bits per heavy atom. The summed E-state index contributed by atoms with van der Waals surface area (Å²) in [6, 6.07) is 3.45. The normalized spacial score (nSPS) is 8.77. The number of hydrogen-bond donors (Lipinski definition) is 1. The lowest BCUT2D eigenvalue weighted by molar-refractivity contribution is -0.385. The standard InChI is InChI=1S/C7H7FN2O2.ClH/c1-9-7-3-2-5(10(11)12)4-6(7)8;/h2-4,9H,1H3;1H. The van der Waals surface area contributed by atoms with E-state index in [4.69, 9.17) is 0 Å². The fraction of sp³-hybridized carbons (Fsp3) is 0.143. The molecule has 0 saturated heterocycles. The highest BCUT2D eigenvalue weighted by Crippen LogP contribution is 2.19. The molecule has 0 atom stereocenters. The number of nitrogens with zero attached hydrogens (tertiary/aromatic N) is 1. The van der Waals surface area contributed by atoms with Crippen LogP contribution in [0.5, 0.6) is 0 Å². The topological polar surface area (TPSA) is 55.2 Å². The molecule has 1 rings (SSSR count). The molecule has 4 nitrogen and oxygen atoms in total. The molecule has 0 aliphatic heterocycles. The molecule has 1 N–H and O–H groups in total. The highest BCUT2D eigenvalue weighted by molar-refractivity contribution is 5.85. The fourth-order valence-corrected chi connectivity index (χ4v) is 0.820. The predicted octanol–water partition coefficient (Wildman–Crippen LogP) is 2.20. The van der Waals surface area contributed by atoms with Gasteiger partial charge in [-0.1, -0.05) is 0 Å². The van der Waals surface area contributed by atoms with Gasteiger partial charge in [0.15, 0.2) is 5.82 Å². The molecular weight excluding hydrogens is 199 g/mol. The molecule has 0 bridgehead atoms. The first-order valence-electron chi connectivity index (χ1n) is 3.27. The molecule has 0 heterocycles. The molecule has 1 aromatic carbocycles. The maximum absolute atomic E-state index is 12.8. The molecule has 0 fully saturated rings. The largest absolute Gasteiger partial charge is 0.386 e. The Labute approximate surface area is 80.3 Å². The summed E-state index contributed by atoms with van der Waals surface area (Å²) in [6.45, 7) is 0. The zero-order valence-electron chi connectivity index (χ0n) is 6.78. The highest BCUT2D eigenvalue weighted by atomic mass is 35.5. The monoisotopic (exact) mass is 206 g/mol. The van der Waals surface area contributed by atoms with Crippen LogP contribution in [-0.4, -0.2) is 12.0 Å². The molecule has 72 valence electrons. The molecular formula is C7H8ClFN2O2. The van der Waals surface area contributed by atoms with E-state index in [2.05, 4.69) is 5.32 Å². The molecule has 13 heavy (non-hydrogen) atoms. The van der Waals surface area contributed by atoms with Gasteiger partial charge in [0.1, 0.15) is 0 Å². The third-order valence-corrected chi connectivity index (χ3v) is 1.43. The van der Waals surface area contributed by atoms with E-state index < -0.39 is 10.7 Å². The van der Waals surface area contributed by atoms with Gasteiger partial charge < -0.3 is 5.32 Å². The summed E-state index contributed by atoms with van der Waals surface area (Å²) in [4.78, 5) is 9.53. The molecule has 0 amide bonds. The lowest BCUT2D eigenvalue weighted by Gasteiger charge is -1.99. The summed E-state index contributed by atoms with van der Waals surface area (Å²) in [7, 11) is 1.55. The van der Waals surface area contributed by atoms with Crippen molar-refractivity contribution in [2.24, 2.45) is 0 Å². The molecule has 1 aromatic rings. The van der Waals surface area contributed by atoms with Crippen molar-refractivity contribution in [3.63, 3.8) is 0 Å². The number of anilines is 1. The summed E-state index contributed by atoms with van der Waals surface area (Å²) in [5, 5.41) is 12.7. The van der Waals surface area contributed by atoms with E-state index in [1.54, 1.807) is 7.05 Å². The SMILES string of the molecule is CNc1ccc([N+](=O)[O-])cc1F.Cl. The first-order chi connectivity index (χ1) is 5.65. The number of non-ortho nitro benzene ring substituents is 1. The van der Waals surface area contributed by atoms with E-state index in [0.29, 0.717) is 0 Å². The van der Waals surface area contributed by atoms with Gasteiger partial charge in [0, 0.05) is 13.1 Å². The first kappa shape index (κ1) is 11.6. The Hall–Kier alpha value is -1.36. The van der Waals surface area contributed by atoms with Crippen molar-refractivity contribution in [3.8, 4) is 0 Å². The van der Waals surface area contributed by atoms with E-state index >= 15 is 0 Å². The average Bonchev–Trinajstić information content (AvgIpc) is 2.04. The zero-order valence-corrected chi connectivity index (χ0v) is 7.60. The lowest BCUT2D eigenvalue weighted by Crippen LogP contribution is -1.94. The van der Waals surface area contributed by atoms with Gasteiger partial charge in [-0.05, 0) is 6.07 Å². The van der Waals surface area contributed by atoms with Crippen LogP contribution in [0.25, 0.3) is 0 Å². The number of hydrogen-bond acceptors (Lipinski definition) is 3. The van der Waals surface area contributed by atoms with Crippen LogP contribution in [-0.2, 0) is 0 Å². The van der Waals surface area contributed by atoms with Crippen LogP contribution >= 0.6 is 12.4 Å². The number of nitro groups is 1. The molecule has 0 unspecified atom stereocenters. The van der Waals surface area contributed by atoms with Crippen LogP contribution in [0, 0.1) is 15.9 Å². The van der Waals surface area contributed by atoms with Crippen LogP contribution in [0.15, 0.2) is 18.2 Å². The Bertz CT molecular complexity index is 319. The average molecular weight is 207 g/mol. The maximum Gasteiger partial charge on any atom is 0.272 e. The number of rotatable bonds is 2. The minimum absolute atomic E-state index is 0. The third-order valence-electron chi connectivity index (χ3n) is 1.43. The second-order valence-corrected chi connectivity index (χ2v) is 2.17. The summed E-state index contributed by atoms with van der Waals surface area (Å²) in [6.07, 6.45) is 0. The van der Waals surface area contributed by atoms with Crippen molar-refractivity contribution >= 4 is 23.8 Å². The molecule has 0 radical (unpaired) electrons. The Kier molecular flexibility index (Phi) is 4.13. The molecule has 0 aromatic heterocycles.